The van der Waals surface area contributed by atoms with Crippen LogP contribution < -0.4 is 14.2 Å². The molecular weight excluding hydrogens is 428 g/mol. The predicted octanol–water partition coefficient (Wildman–Crippen LogP) is 4.90. The number of hydrogen-bond donors (Lipinski definition) is 2. The Morgan fingerprint density at radius 2 is 1.06 bits per heavy atom. The van der Waals surface area contributed by atoms with E-state index in [1.165, 1.54) is 22.3 Å². The van der Waals surface area contributed by atoms with Gasteiger partial charge in [0.1, 0.15) is 36.2 Å². The lowest BCUT2D eigenvalue weighted by Gasteiger charge is -2.39. The van der Waals surface area contributed by atoms with E-state index in [1.54, 1.807) is 0 Å². The lowest BCUT2D eigenvalue weighted by molar-refractivity contribution is 0.200. The highest BCUT2D eigenvalue weighted by molar-refractivity contribution is 5.88. The van der Waals surface area contributed by atoms with Gasteiger partial charge >= 0.3 is 0 Å². The van der Waals surface area contributed by atoms with E-state index in [1.807, 2.05) is 24.3 Å². The van der Waals surface area contributed by atoms with Crippen molar-refractivity contribution in [1.82, 2.24) is 0 Å². The van der Waals surface area contributed by atoms with Gasteiger partial charge in [-0.3, -0.25) is 0 Å². The van der Waals surface area contributed by atoms with Gasteiger partial charge in [0.25, 0.3) is 0 Å². The van der Waals surface area contributed by atoms with E-state index in [0.717, 1.165) is 11.1 Å². The maximum absolute atomic E-state index is 9.20. The van der Waals surface area contributed by atoms with Gasteiger partial charge in [-0.05, 0) is 34.4 Å². The van der Waals surface area contributed by atoms with E-state index in [-0.39, 0.29) is 26.4 Å². The topological polar surface area (TPSA) is 68.2 Å². The number of rotatable bonds is 6. The molecule has 1 aliphatic heterocycles. The fraction of sp³-hybridized carbons (Fsp3) is 0.172. The minimum atomic E-state index is -0.554. The number of benzene rings is 4. The van der Waals surface area contributed by atoms with E-state index >= 15 is 0 Å². The monoisotopic (exact) mass is 452 g/mol. The molecule has 34 heavy (non-hydrogen) atoms. The van der Waals surface area contributed by atoms with Gasteiger partial charge in [0, 0.05) is 23.3 Å². The molecule has 2 aliphatic rings. The Labute approximate surface area is 197 Å². The van der Waals surface area contributed by atoms with Crippen LogP contribution in [-0.2, 0) is 5.41 Å². The van der Waals surface area contributed by atoms with Crippen molar-refractivity contribution in [2.45, 2.75) is 5.41 Å². The molecule has 4 aromatic carbocycles. The van der Waals surface area contributed by atoms with Crippen LogP contribution in [0.5, 0.6) is 23.0 Å². The first kappa shape index (κ1) is 20.8. The number of aliphatic hydroxyl groups excluding tert-OH is 2. The van der Waals surface area contributed by atoms with Gasteiger partial charge in [-0.15, -0.1) is 0 Å². The molecular formula is C29H24O5. The largest absolute Gasteiger partial charge is 0.491 e. The lowest BCUT2D eigenvalue weighted by atomic mass is 9.66. The first-order valence-electron chi connectivity index (χ1n) is 11.4. The van der Waals surface area contributed by atoms with Crippen molar-refractivity contribution in [3.05, 3.63) is 107 Å². The van der Waals surface area contributed by atoms with Gasteiger partial charge in [-0.25, -0.2) is 0 Å². The zero-order valence-electron chi connectivity index (χ0n) is 18.5. The highest BCUT2D eigenvalue weighted by atomic mass is 16.5. The van der Waals surface area contributed by atoms with Gasteiger partial charge in [0.2, 0.25) is 0 Å². The minimum absolute atomic E-state index is 0.0585. The predicted molar refractivity (Wildman–Crippen MR) is 129 cm³/mol. The molecule has 5 nitrogen and oxygen atoms in total. The van der Waals surface area contributed by atoms with E-state index in [2.05, 4.69) is 60.7 Å². The number of ether oxygens (including phenoxy) is 3. The number of aliphatic hydroxyl groups is 2. The van der Waals surface area contributed by atoms with Crippen LogP contribution in [0.3, 0.4) is 0 Å². The molecule has 1 spiro atoms. The molecule has 0 fully saturated rings. The molecule has 0 amide bonds. The van der Waals surface area contributed by atoms with Crippen LogP contribution in [0.1, 0.15) is 22.3 Å². The van der Waals surface area contributed by atoms with Crippen LogP contribution in [-0.4, -0.2) is 36.6 Å². The van der Waals surface area contributed by atoms with Crippen LogP contribution in [0.4, 0.5) is 0 Å². The molecule has 0 radical (unpaired) electrons. The summed E-state index contributed by atoms with van der Waals surface area (Å²) in [5.41, 5.74) is 6.35. The van der Waals surface area contributed by atoms with Crippen molar-refractivity contribution in [3.8, 4) is 34.1 Å². The Morgan fingerprint density at radius 1 is 0.588 bits per heavy atom. The number of hydrogen-bond acceptors (Lipinski definition) is 5. The summed E-state index contributed by atoms with van der Waals surface area (Å²) in [6, 6.07) is 28.9. The first-order chi connectivity index (χ1) is 16.8. The second-order valence-electron chi connectivity index (χ2n) is 8.40. The molecule has 1 heterocycles. The van der Waals surface area contributed by atoms with E-state index in [9.17, 15) is 10.2 Å². The van der Waals surface area contributed by atoms with Crippen LogP contribution >= 0.6 is 0 Å². The molecule has 2 N–H and O–H groups in total. The zero-order chi connectivity index (χ0) is 23.1. The van der Waals surface area contributed by atoms with Gasteiger partial charge in [0.05, 0.1) is 18.6 Å². The Kier molecular flexibility index (Phi) is 5.01. The standard InChI is InChI=1S/C29H24O5/c30-13-15-32-19-9-11-25-27(17-19)34-28-18-20(33-16-14-31)10-12-26(28)29(25)23-7-3-1-5-21(23)22-6-2-4-8-24(22)29/h1-12,17-18,30-31H,13-16H2. The molecule has 170 valence electrons. The van der Waals surface area contributed by atoms with Gasteiger partial charge in [-0.2, -0.15) is 0 Å². The quantitative estimate of drug-likeness (QED) is 0.376. The van der Waals surface area contributed by atoms with Crippen LogP contribution in [0.25, 0.3) is 11.1 Å². The zero-order valence-corrected chi connectivity index (χ0v) is 18.5. The van der Waals surface area contributed by atoms with Crippen molar-refractivity contribution in [1.29, 1.82) is 0 Å². The summed E-state index contributed by atoms with van der Waals surface area (Å²) >= 11 is 0. The van der Waals surface area contributed by atoms with Crippen molar-refractivity contribution < 1.29 is 24.4 Å². The SMILES string of the molecule is OCCOc1ccc2c(c1)Oc1cc(OCCO)ccc1C21c2ccccc2-c2ccccc21. The third-order valence-corrected chi connectivity index (χ3v) is 6.61. The molecule has 0 atom stereocenters. The van der Waals surface area contributed by atoms with Gasteiger partial charge in [0.15, 0.2) is 0 Å². The van der Waals surface area contributed by atoms with Crippen molar-refractivity contribution in [2.75, 3.05) is 26.4 Å². The summed E-state index contributed by atoms with van der Waals surface area (Å²) < 4.78 is 17.8. The average Bonchev–Trinajstić information content (AvgIpc) is 3.17. The summed E-state index contributed by atoms with van der Waals surface area (Å²) in [4.78, 5) is 0. The first-order valence-corrected chi connectivity index (χ1v) is 11.4. The molecule has 4 aromatic rings. The average molecular weight is 453 g/mol. The summed E-state index contributed by atoms with van der Waals surface area (Å²) in [5, 5.41) is 18.4. The van der Waals surface area contributed by atoms with Crippen molar-refractivity contribution in [2.24, 2.45) is 0 Å². The smallest absolute Gasteiger partial charge is 0.135 e. The maximum Gasteiger partial charge on any atom is 0.135 e. The number of fused-ring (bicyclic) bond motifs is 9. The Morgan fingerprint density at radius 3 is 1.53 bits per heavy atom. The fourth-order valence-electron chi connectivity index (χ4n) is 5.38. The summed E-state index contributed by atoms with van der Waals surface area (Å²) in [5.74, 6) is 2.68. The Balaban J connectivity index is 1.64. The molecule has 5 heteroatoms. The van der Waals surface area contributed by atoms with Crippen molar-refractivity contribution >= 4 is 0 Å². The highest BCUT2D eigenvalue weighted by Gasteiger charge is 2.51. The molecule has 1 aliphatic carbocycles. The molecule has 6 rings (SSSR count). The molecule has 0 aromatic heterocycles. The normalized spacial score (nSPS) is 13.9. The maximum atomic E-state index is 9.20. The highest BCUT2D eigenvalue weighted by Crippen LogP contribution is 2.62. The summed E-state index contributed by atoms with van der Waals surface area (Å²) in [6.07, 6.45) is 0. The van der Waals surface area contributed by atoms with E-state index in [4.69, 9.17) is 14.2 Å². The molecule has 0 unspecified atom stereocenters. The van der Waals surface area contributed by atoms with E-state index < -0.39 is 5.41 Å². The second kappa shape index (κ2) is 8.20. The van der Waals surface area contributed by atoms with Crippen LogP contribution in [0.2, 0.25) is 0 Å². The van der Waals surface area contributed by atoms with Gasteiger partial charge in [-0.1, -0.05) is 60.7 Å². The molecule has 0 saturated heterocycles. The minimum Gasteiger partial charge on any atom is -0.491 e. The van der Waals surface area contributed by atoms with Crippen molar-refractivity contribution in [3.63, 3.8) is 0 Å². The van der Waals surface area contributed by atoms with E-state index in [0.29, 0.717) is 23.0 Å². The summed E-state index contributed by atoms with van der Waals surface area (Å²) in [7, 11) is 0. The Bertz CT molecular complexity index is 1270. The fourth-order valence-corrected chi connectivity index (χ4v) is 5.38. The third-order valence-electron chi connectivity index (χ3n) is 6.61. The van der Waals surface area contributed by atoms with Crippen LogP contribution in [0, 0.1) is 0 Å². The van der Waals surface area contributed by atoms with Crippen LogP contribution in [0.15, 0.2) is 84.9 Å². The molecule has 0 saturated carbocycles. The van der Waals surface area contributed by atoms with Gasteiger partial charge < -0.3 is 24.4 Å². The summed E-state index contributed by atoms with van der Waals surface area (Å²) in [6.45, 7) is 0.310. The second-order valence-corrected chi connectivity index (χ2v) is 8.40. The lowest BCUT2D eigenvalue weighted by Crippen LogP contribution is -2.32. The Hall–Kier alpha value is -3.80. The molecule has 0 bridgehead atoms. The third kappa shape index (κ3) is 2.94.